The van der Waals surface area contributed by atoms with Crippen LogP contribution < -0.4 is 15.2 Å². The number of anilines is 1. The van der Waals surface area contributed by atoms with Crippen LogP contribution in [0, 0.1) is 18.3 Å². The number of aryl methyl sites for hydroxylation is 1. The van der Waals surface area contributed by atoms with Crippen LogP contribution in [0.3, 0.4) is 0 Å². The van der Waals surface area contributed by atoms with Gasteiger partial charge in [-0.2, -0.15) is 10.4 Å². The number of benzene rings is 2. The summed E-state index contributed by atoms with van der Waals surface area (Å²) in [6.07, 6.45) is 3.07. The Kier molecular flexibility index (Phi) is 5.88. The Hall–Kier alpha value is -4.29. The second-order valence-corrected chi connectivity index (χ2v) is 10.7. The van der Waals surface area contributed by atoms with Crippen molar-refractivity contribution in [3.05, 3.63) is 63.6 Å². The summed E-state index contributed by atoms with van der Waals surface area (Å²) < 4.78 is 8.04. The van der Waals surface area contributed by atoms with E-state index in [9.17, 15) is 14.9 Å². The number of amides is 1. The van der Waals surface area contributed by atoms with Crippen molar-refractivity contribution in [3.8, 4) is 22.9 Å². The van der Waals surface area contributed by atoms with Gasteiger partial charge in [0, 0.05) is 47.6 Å². The molecule has 0 saturated carbocycles. The monoisotopic (exact) mass is 542 g/mol. The maximum Gasteiger partial charge on any atom is 0.271 e. The van der Waals surface area contributed by atoms with Crippen molar-refractivity contribution in [2.75, 3.05) is 31.1 Å². The Balaban J connectivity index is 1.67. The van der Waals surface area contributed by atoms with Crippen LogP contribution in [0.25, 0.3) is 32.9 Å². The molecule has 10 heteroatoms. The van der Waals surface area contributed by atoms with Gasteiger partial charge in [-0.05, 0) is 44.5 Å². The second-order valence-electron chi connectivity index (χ2n) is 10.2. The first kappa shape index (κ1) is 25.0. The molecule has 4 aromatic rings. The number of H-pyrrole nitrogens is 1. The molecule has 1 fully saturated rings. The standard InChI is InChI=1S/C29H27ClN6O3/c1-5-23(37)34-8-9-35(16(3)13-34)26-18-10-21(30)25(24-15(2)6-7-22-20(24)12-32-33-22)28-27(18)36(17(4)14-39-28)29(38)19(26)11-31/h5-7,10,12,16-17H,1,8-9,13-14H2,2-4H3,(H,32,33)/t16-,17-/m0/s1. The van der Waals surface area contributed by atoms with Gasteiger partial charge in [0.2, 0.25) is 5.91 Å². The van der Waals surface area contributed by atoms with Crippen molar-refractivity contribution in [1.29, 1.82) is 5.26 Å². The number of piperazine rings is 1. The number of pyridine rings is 1. The van der Waals surface area contributed by atoms with Crippen molar-refractivity contribution in [1.82, 2.24) is 19.7 Å². The molecule has 0 unspecified atom stereocenters. The lowest BCUT2D eigenvalue weighted by molar-refractivity contribution is -0.126. The Morgan fingerprint density at radius 3 is 2.77 bits per heavy atom. The van der Waals surface area contributed by atoms with Gasteiger partial charge in [0.05, 0.1) is 34.0 Å². The molecule has 1 N–H and O–H groups in total. The van der Waals surface area contributed by atoms with E-state index in [4.69, 9.17) is 16.3 Å². The van der Waals surface area contributed by atoms with E-state index >= 15 is 0 Å². The van der Waals surface area contributed by atoms with Gasteiger partial charge in [-0.15, -0.1) is 0 Å². The molecule has 2 aromatic heterocycles. The molecule has 0 radical (unpaired) electrons. The van der Waals surface area contributed by atoms with E-state index < -0.39 is 0 Å². The first-order chi connectivity index (χ1) is 18.8. The fourth-order valence-corrected chi connectivity index (χ4v) is 6.33. The minimum Gasteiger partial charge on any atom is -0.489 e. The van der Waals surface area contributed by atoms with Crippen LogP contribution >= 0.6 is 11.6 Å². The topological polar surface area (TPSA) is 107 Å². The second kappa shape index (κ2) is 9.17. The highest BCUT2D eigenvalue weighted by Gasteiger charge is 2.35. The van der Waals surface area contributed by atoms with E-state index in [1.807, 2.05) is 43.9 Å². The lowest BCUT2D eigenvalue weighted by Gasteiger charge is -2.42. The highest BCUT2D eigenvalue weighted by atomic mass is 35.5. The molecule has 2 aliphatic heterocycles. The number of hydrogen-bond acceptors (Lipinski definition) is 6. The molecular weight excluding hydrogens is 516 g/mol. The largest absolute Gasteiger partial charge is 0.489 e. The molecule has 2 aliphatic rings. The molecule has 1 amide bonds. The van der Waals surface area contributed by atoms with Crippen molar-refractivity contribution >= 4 is 45.0 Å². The summed E-state index contributed by atoms with van der Waals surface area (Å²) in [7, 11) is 0. The van der Waals surface area contributed by atoms with Crippen LogP contribution in [0.4, 0.5) is 5.69 Å². The fraction of sp³-hybridized carbons (Fsp3) is 0.310. The van der Waals surface area contributed by atoms with Crippen LogP contribution in [0.5, 0.6) is 5.75 Å². The van der Waals surface area contributed by atoms with Gasteiger partial charge in [0.25, 0.3) is 5.56 Å². The SMILES string of the molecule is C=CC(=O)N1CCN(c2c(C#N)c(=O)n3c4c(c(-c5c(C)ccc6[nH]ncc56)c(Cl)cc24)OC[C@@H]3C)[C@@H](C)C1. The predicted molar refractivity (Wildman–Crippen MR) is 152 cm³/mol. The summed E-state index contributed by atoms with van der Waals surface area (Å²) in [5.41, 5.74) is 4.27. The van der Waals surface area contributed by atoms with Crippen LogP contribution in [0.2, 0.25) is 5.02 Å². The highest BCUT2D eigenvalue weighted by Crippen LogP contribution is 2.49. The molecule has 4 heterocycles. The minimum atomic E-state index is -0.361. The maximum absolute atomic E-state index is 13.9. The molecule has 2 aromatic carbocycles. The van der Waals surface area contributed by atoms with Crippen molar-refractivity contribution in [2.24, 2.45) is 0 Å². The Morgan fingerprint density at radius 1 is 1.26 bits per heavy atom. The first-order valence-electron chi connectivity index (χ1n) is 12.8. The van der Waals surface area contributed by atoms with Gasteiger partial charge < -0.3 is 14.5 Å². The van der Waals surface area contributed by atoms with Crippen LogP contribution in [-0.2, 0) is 4.79 Å². The Bertz CT molecular complexity index is 1800. The normalized spacial score (nSPS) is 18.7. The third-order valence-corrected chi connectivity index (χ3v) is 8.18. The summed E-state index contributed by atoms with van der Waals surface area (Å²) in [6, 6.07) is 7.56. The number of nitrogens with zero attached hydrogens (tertiary/aromatic N) is 5. The van der Waals surface area contributed by atoms with Crippen molar-refractivity contribution < 1.29 is 9.53 Å². The van der Waals surface area contributed by atoms with E-state index in [0.717, 1.165) is 22.0 Å². The lowest BCUT2D eigenvalue weighted by atomic mass is 9.93. The predicted octanol–water partition coefficient (Wildman–Crippen LogP) is 4.55. The average Bonchev–Trinajstić information content (AvgIpc) is 3.40. The summed E-state index contributed by atoms with van der Waals surface area (Å²) in [4.78, 5) is 30.0. The minimum absolute atomic E-state index is 0.0643. The number of nitrogens with one attached hydrogen (secondary N) is 1. The Labute approximate surface area is 229 Å². The van der Waals surface area contributed by atoms with E-state index in [1.165, 1.54) is 6.08 Å². The number of nitriles is 1. The zero-order chi connectivity index (χ0) is 27.6. The Morgan fingerprint density at radius 2 is 2.05 bits per heavy atom. The third kappa shape index (κ3) is 3.62. The molecule has 0 aliphatic carbocycles. The van der Waals surface area contributed by atoms with Gasteiger partial charge >= 0.3 is 0 Å². The van der Waals surface area contributed by atoms with Gasteiger partial charge in [-0.1, -0.05) is 24.2 Å². The van der Waals surface area contributed by atoms with Crippen LogP contribution in [0.1, 0.15) is 31.0 Å². The number of aromatic amines is 1. The van der Waals surface area contributed by atoms with Gasteiger partial charge in [-0.25, -0.2) is 0 Å². The average molecular weight is 543 g/mol. The molecule has 9 nitrogen and oxygen atoms in total. The maximum atomic E-state index is 13.9. The lowest BCUT2D eigenvalue weighted by Crippen LogP contribution is -2.54. The smallest absolute Gasteiger partial charge is 0.271 e. The van der Waals surface area contributed by atoms with E-state index in [1.54, 1.807) is 15.7 Å². The number of rotatable bonds is 3. The van der Waals surface area contributed by atoms with Crippen LogP contribution in [0.15, 0.2) is 41.8 Å². The molecule has 0 spiro atoms. The van der Waals surface area contributed by atoms with Gasteiger partial charge in [0.15, 0.2) is 5.75 Å². The van der Waals surface area contributed by atoms with Crippen molar-refractivity contribution in [2.45, 2.75) is 32.9 Å². The summed E-state index contributed by atoms with van der Waals surface area (Å²) in [5.74, 6) is 0.376. The summed E-state index contributed by atoms with van der Waals surface area (Å²) in [6.45, 7) is 11.1. The fourth-order valence-electron chi connectivity index (χ4n) is 6.04. The number of halogens is 1. The zero-order valence-electron chi connectivity index (χ0n) is 21.9. The highest BCUT2D eigenvalue weighted by molar-refractivity contribution is 6.36. The van der Waals surface area contributed by atoms with E-state index in [2.05, 4.69) is 22.8 Å². The quantitative estimate of drug-likeness (QED) is 0.380. The molecule has 198 valence electrons. The molecule has 0 bridgehead atoms. The number of fused-ring (bicyclic) bond motifs is 1. The molecule has 39 heavy (non-hydrogen) atoms. The number of ether oxygens (including phenoxy) is 1. The number of aromatic nitrogens is 3. The van der Waals surface area contributed by atoms with Crippen LogP contribution in [-0.4, -0.2) is 57.9 Å². The summed E-state index contributed by atoms with van der Waals surface area (Å²) in [5, 5.41) is 19.5. The number of carbonyl (C=O) groups is 1. The molecule has 2 atom stereocenters. The molecule has 6 rings (SSSR count). The van der Waals surface area contributed by atoms with Gasteiger partial charge in [0.1, 0.15) is 18.2 Å². The van der Waals surface area contributed by atoms with E-state index in [0.29, 0.717) is 52.6 Å². The third-order valence-electron chi connectivity index (χ3n) is 7.88. The first-order valence-corrected chi connectivity index (χ1v) is 13.2. The van der Waals surface area contributed by atoms with E-state index in [-0.39, 0.29) is 35.7 Å². The number of hydrogen-bond donors (Lipinski definition) is 1. The summed E-state index contributed by atoms with van der Waals surface area (Å²) >= 11 is 7.08. The van der Waals surface area contributed by atoms with Gasteiger partial charge in [-0.3, -0.25) is 19.3 Å². The number of carbonyl (C=O) groups excluding carboxylic acids is 1. The molecule has 1 saturated heterocycles. The zero-order valence-corrected chi connectivity index (χ0v) is 22.7. The van der Waals surface area contributed by atoms with Crippen molar-refractivity contribution in [3.63, 3.8) is 0 Å². The molecular formula is C29H27ClN6O3.